The lowest BCUT2D eigenvalue weighted by atomic mass is 9.88. The van der Waals surface area contributed by atoms with Gasteiger partial charge in [0.15, 0.2) is 0 Å². The standard InChI is InChI=1S/C28H28N4O2/c1-15-6-5-7-22(29-15)24-25(32-18-10-8-16(12-18)26(32)31-24)20-14-23(28(2,3)4)30-21-11-9-17(27(33)34)13-19(20)21/h5-7,9,11,13-14,16,18H,8,10,12H2,1-4H3,(H,33,34). The molecule has 6 heteroatoms. The quantitative estimate of drug-likeness (QED) is 0.395. The Morgan fingerprint density at radius 3 is 2.62 bits per heavy atom. The summed E-state index contributed by atoms with van der Waals surface area (Å²) >= 11 is 0. The van der Waals surface area contributed by atoms with Gasteiger partial charge in [-0.2, -0.15) is 0 Å². The van der Waals surface area contributed by atoms with Crippen LogP contribution in [0.3, 0.4) is 0 Å². The van der Waals surface area contributed by atoms with Crippen LogP contribution >= 0.6 is 0 Å². The van der Waals surface area contributed by atoms with Crippen molar-refractivity contribution in [2.45, 2.75) is 64.3 Å². The van der Waals surface area contributed by atoms with Crippen LogP contribution in [0.15, 0.2) is 42.5 Å². The molecule has 2 bridgehead atoms. The Balaban J connectivity index is 1.73. The number of aromatic carboxylic acids is 1. The Kier molecular flexibility index (Phi) is 4.47. The van der Waals surface area contributed by atoms with Gasteiger partial charge in [-0.05, 0) is 62.6 Å². The average Bonchev–Trinajstić information content (AvgIpc) is 3.50. The lowest BCUT2D eigenvalue weighted by Crippen LogP contribution is -2.15. The van der Waals surface area contributed by atoms with Crippen LogP contribution in [0, 0.1) is 6.92 Å². The van der Waals surface area contributed by atoms with Crippen LogP contribution in [0.4, 0.5) is 0 Å². The smallest absolute Gasteiger partial charge is 0.335 e. The summed E-state index contributed by atoms with van der Waals surface area (Å²) < 4.78 is 2.42. The van der Waals surface area contributed by atoms with Gasteiger partial charge in [0.05, 0.1) is 22.5 Å². The molecular weight excluding hydrogens is 424 g/mol. The number of rotatable bonds is 3. The number of hydrogen-bond donors (Lipinski definition) is 1. The Bertz CT molecular complexity index is 1480. The van der Waals surface area contributed by atoms with E-state index in [2.05, 4.69) is 31.4 Å². The number of carboxylic acids is 1. The number of pyridine rings is 2. The Labute approximate surface area is 198 Å². The number of nitrogens with zero attached hydrogens (tertiary/aromatic N) is 4. The number of benzene rings is 1. The Morgan fingerprint density at radius 2 is 1.88 bits per heavy atom. The summed E-state index contributed by atoms with van der Waals surface area (Å²) in [4.78, 5) is 26.8. The van der Waals surface area contributed by atoms with E-state index in [0.717, 1.165) is 63.6 Å². The van der Waals surface area contributed by atoms with Gasteiger partial charge in [-0.25, -0.2) is 9.78 Å². The van der Waals surface area contributed by atoms with E-state index in [1.165, 1.54) is 6.42 Å². The second-order valence-electron chi connectivity index (χ2n) is 10.7. The van der Waals surface area contributed by atoms with Gasteiger partial charge in [0.1, 0.15) is 11.5 Å². The van der Waals surface area contributed by atoms with Crippen LogP contribution in [-0.2, 0) is 5.41 Å². The molecule has 172 valence electrons. The number of carboxylic acid groups (broad SMARTS) is 1. The van der Waals surface area contributed by atoms with E-state index < -0.39 is 5.97 Å². The van der Waals surface area contributed by atoms with Crippen molar-refractivity contribution in [1.82, 2.24) is 19.5 Å². The molecule has 2 aliphatic rings. The predicted octanol–water partition coefficient (Wildman–Crippen LogP) is 6.29. The molecule has 34 heavy (non-hydrogen) atoms. The summed E-state index contributed by atoms with van der Waals surface area (Å²) in [6, 6.07) is 13.8. The van der Waals surface area contributed by atoms with Gasteiger partial charge in [-0.3, -0.25) is 9.97 Å². The SMILES string of the molecule is Cc1cccc(-c2nc3n(c2-c2cc(C(C)(C)C)nc4ccc(C(=O)O)cc24)C2CCC3C2)n1. The Morgan fingerprint density at radius 1 is 1.06 bits per heavy atom. The van der Waals surface area contributed by atoms with E-state index in [1.54, 1.807) is 12.1 Å². The second-order valence-corrected chi connectivity index (χ2v) is 10.7. The molecule has 0 amide bonds. The summed E-state index contributed by atoms with van der Waals surface area (Å²) in [5.41, 5.74) is 6.58. The number of hydrogen-bond acceptors (Lipinski definition) is 4. The van der Waals surface area contributed by atoms with Gasteiger partial charge in [-0.1, -0.05) is 26.8 Å². The summed E-state index contributed by atoms with van der Waals surface area (Å²) in [6.45, 7) is 8.46. The van der Waals surface area contributed by atoms with E-state index in [1.807, 2.05) is 31.2 Å². The number of fused-ring (bicyclic) bond motifs is 6. The molecule has 1 N–H and O–H groups in total. The molecule has 0 radical (unpaired) electrons. The first-order valence-corrected chi connectivity index (χ1v) is 12.0. The molecule has 2 atom stereocenters. The van der Waals surface area contributed by atoms with Crippen molar-refractivity contribution in [2.75, 3.05) is 0 Å². The van der Waals surface area contributed by atoms with E-state index in [4.69, 9.17) is 15.0 Å². The summed E-state index contributed by atoms with van der Waals surface area (Å²) in [5, 5.41) is 10.5. The summed E-state index contributed by atoms with van der Waals surface area (Å²) in [5.74, 6) is 0.680. The van der Waals surface area contributed by atoms with Crippen molar-refractivity contribution in [1.29, 1.82) is 0 Å². The fourth-order valence-corrected chi connectivity index (χ4v) is 5.58. The monoisotopic (exact) mass is 452 g/mol. The fraction of sp³-hybridized carbons (Fsp3) is 0.357. The van der Waals surface area contributed by atoms with E-state index in [0.29, 0.717) is 12.0 Å². The van der Waals surface area contributed by atoms with Crippen molar-refractivity contribution in [3.63, 3.8) is 0 Å². The van der Waals surface area contributed by atoms with Crippen molar-refractivity contribution < 1.29 is 9.90 Å². The van der Waals surface area contributed by atoms with E-state index >= 15 is 0 Å². The van der Waals surface area contributed by atoms with Crippen LogP contribution in [0.2, 0.25) is 0 Å². The molecule has 1 aromatic carbocycles. The second kappa shape index (κ2) is 7.23. The molecule has 0 spiro atoms. The molecule has 1 fully saturated rings. The van der Waals surface area contributed by atoms with Crippen molar-refractivity contribution in [3.05, 3.63) is 65.2 Å². The van der Waals surface area contributed by atoms with Crippen molar-refractivity contribution in [2.24, 2.45) is 0 Å². The number of imidazole rings is 1. The zero-order chi connectivity index (χ0) is 23.8. The predicted molar refractivity (Wildman–Crippen MR) is 132 cm³/mol. The molecule has 2 unspecified atom stereocenters. The van der Waals surface area contributed by atoms with Gasteiger partial charge >= 0.3 is 5.97 Å². The minimum atomic E-state index is -0.939. The molecule has 1 saturated carbocycles. The van der Waals surface area contributed by atoms with Gasteiger partial charge in [-0.15, -0.1) is 0 Å². The molecule has 4 heterocycles. The number of aryl methyl sites for hydroxylation is 1. The van der Waals surface area contributed by atoms with E-state index in [-0.39, 0.29) is 11.0 Å². The molecule has 6 rings (SSSR count). The van der Waals surface area contributed by atoms with Gasteiger partial charge in [0.25, 0.3) is 0 Å². The first kappa shape index (κ1) is 21.0. The molecule has 6 nitrogen and oxygen atoms in total. The highest BCUT2D eigenvalue weighted by atomic mass is 16.4. The minimum absolute atomic E-state index is 0.164. The van der Waals surface area contributed by atoms with Crippen molar-refractivity contribution in [3.8, 4) is 22.6 Å². The first-order valence-electron chi connectivity index (χ1n) is 12.0. The number of aromatic nitrogens is 4. The maximum atomic E-state index is 11.8. The molecule has 4 aromatic rings. The highest BCUT2D eigenvalue weighted by molar-refractivity contribution is 6.01. The lowest BCUT2D eigenvalue weighted by molar-refractivity contribution is 0.0697. The van der Waals surface area contributed by atoms with Crippen LogP contribution in [-0.4, -0.2) is 30.6 Å². The van der Waals surface area contributed by atoms with Crippen LogP contribution in [0.1, 0.15) is 79.6 Å². The fourth-order valence-electron chi connectivity index (χ4n) is 5.58. The van der Waals surface area contributed by atoms with Crippen molar-refractivity contribution >= 4 is 16.9 Å². The maximum Gasteiger partial charge on any atom is 0.335 e. The van der Waals surface area contributed by atoms with Gasteiger partial charge in [0.2, 0.25) is 0 Å². The summed E-state index contributed by atoms with van der Waals surface area (Å²) in [7, 11) is 0. The van der Waals surface area contributed by atoms with Gasteiger partial charge in [0, 0.05) is 39.7 Å². The molecule has 3 aromatic heterocycles. The largest absolute Gasteiger partial charge is 0.478 e. The third-order valence-electron chi connectivity index (χ3n) is 7.28. The average molecular weight is 453 g/mol. The third kappa shape index (κ3) is 3.16. The number of carbonyl (C=O) groups is 1. The molecular formula is C28H28N4O2. The van der Waals surface area contributed by atoms with E-state index in [9.17, 15) is 9.90 Å². The normalized spacial score (nSPS) is 19.1. The molecule has 1 aliphatic heterocycles. The topological polar surface area (TPSA) is 80.9 Å². The lowest BCUT2D eigenvalue weighted by Gasteiger charge is -2.22. The zero-order valence-electron chi connectivity index (χ0n) is 20.0. The Hall–Kier alpha value is -3.54. The highest BCUT2D eigenvalue weighted by Crippen LogP contribution is 2.53. The summed E-state index contributed by atoms with van der Waals surface area (Å²) in [6.07, 6.45) is 3.46. The highest BCUT2D eigenvalue weighted by Gasteiger charge is 2.42. The van der Waals surface area contributed by atoms with Crippen LogP contribution in [0.5, 0.6) is 0 Å². The first-order chi connectivity index (χ1) is 16.2. The zero-order valence-corrected chi connectivity index (χ0v) is 20.0. The van der Waals surface area contributed by atoms with Gasteiger partial charge < -0.3 is 9.67 Å². The van der Waals surface area contributed by atoms with Crippen LogP contribution < -0.4 is 0 Å². The van der Waals surface area contributed by atoms with Crippen LogP contribution in [0.25, 0.3) is 33.5 Å². The maximum absolute atomic E-state index is 11.8. The minimum Gasteiger partial charge on any atom is -0.478 e. The third-order valence-corrected chi connectivity index (χ3v) is 7.28. The molecule has 1 aliphatic carbocycles. The molecule has 0 saturated heterocycles.